The Morgan fingerprint density at radius 1 is 1.35 bits per heavy atom. The molecule has 0 radical (unpaired) electrons. The molecule has 0 saturated heterocycles. The molecule has 1 aliphatic carbocycles. The Labute approximate surface area is 116 Å². The average molecular weight is 269 g/mol. The summed E-state index contributed by atoms with van der Waals surface area (Å²) < 4.78 is 10.9. The molecule has 1 atom stereocenters. The van der Waals surface area contributed by atoms with Crippen LogP contribution < -0.4 is 16.2 Å². The highest BCUT2D eigenvalue weighted by Crippen LogP contribution is 2.22. The molecule has 20 heavy (non-hydrogen) atoms. The summed E-state index contributed by atoms with van der Waals surface area (Å²) in [6.07, 6.45) is 5.22. The van der Waals surface area contributed by atoms with E-state index in [4.69, 9.17) is 15.2 Å². The fourth-order valence-electron chi connectivity index (χ4n) is 2.42. The molecule has 4 nitrogen and oxygen atoms in total. The van der Waals surface area contributed by atoms with E-state index in [9.17, 15) is 4.79 Å². The van der Waals surface area contributed by atoms with E-state index in [2.05, 4.69) is 0 Å². The summed E-state index contributed by atoms with van der Waals surface area (Å²) in [4.78, 5) is 12.0. The van der Waals surface area contributed by atoms with Gasteiger partial charge in [-0.05, 0) is 30.4 Å². The van der Waals surface area contributed by atoms with Gasteiger partial charge in [0, 0.05) is 16.5 Å². The zero-order chi connectivity index (χ0) is 14.1. The van der Waals surface area contributed by atoms with Crippen molar-refractivity contribution in [2.45, 2.75) is 13.0 Å². The first kappa shape index (κ1) is 12.5. The second-order valence-corrected chi connectivity index (χ2v) is 4.59. The average Bonchev–Trinajstić information content (AvgIpc) is 2.47. The molecule has 2 aliphatic rings. The van der Waals surface area contributed by atoms with Crippen molar-refractivity contribution in [3.8, 4) is 0 Å². The van der Waals surface area contributed by atoms with Gasteiger partial charge in [0.05, 0.1) is 6.61 Å². The van der Waals surface area contributed by atoms with Gasteiger partial charge in [0.25, 0.3) is 0 Å². The molecule has 1 unspecified atom stereocenters. The maximum Gasteiger partial charge on any atom is 0.374 e. The molecule has 0 fully saturated rings. The Morgan fingerprint density at radius 3 is 2.85 bits per heavy atom. The molecule has 1 aromatic rings. The molecule has 102 valence electrons. The third kappa shape index (κ3) is 1.99. The van der Waals surface area contributed by atoms with Crippen LogP contribution in [0.25, 0.3) is 11.3 Å². The molecule has 3 rings (SSSR count). The monoisotopic (exact) mass is 269 g/mol. The second kappa shape index (κ2) is 4.89. The molecule has 1 heterocycles. The van der Waals surface area contributed by atoms with Crippen molar-refractivity contribution in [3.05, 3.63) is 58.6 Å². The minimum atomic E-state index is -0.435. The van der Waals surface area contributed by atoms with Crippen molar-refractivity contribution in [3.63, 3.8) is 0 Å². The SMILES string of the molecule is CCOC(=O)C1=c2ccccc2=C2C=C(N)C=CC2O1. The van der Waals surface area contributed by atoms with Crippen LogP contribution in [0.2, 0.25) is 0 Å². The van der Waals surface area contributed by atoms with Gasteiger partial charge < -0.3 is 15.2 Å². The van der Waals surface area contributed by atoms with E-state index < -0.39 is 5.97 Å². The van der Waals surface area contributed by atoms with E-state index in [-0.39, 0.29) is 11.9 Å². The Bertz CT molecular complexity index is 743. The molecular weight excluding hydrogens is 254 g/mol. The number of nitrogens with two attached hydrogens (primary N) is 1. The first-order valence-electron chi connectivity index (χ1n) is 6.53. The lowest BCUT2D eigenvalue weighted by molar-refractivity contribution is -0.138. The minimum Gasteiger partial charge on any atom is -0.474 e. The number of hydrogen-bond acceptors (Lipinski definition) is 4. The maximum atomic E-state index is 12.0. The largest absolute Gasteiger partial charge is 0.474 e. The van der Waals surface area contributed by atoms with Gasteiger partial charge >= 0.3 is 5.97 Å². The highest BCUT2D eigenvalue weighted by Gasteiger charge is 2.26. The summed E-state index contributed by atoms with van der Waals surface area (Å²) in [5, 5.41) is 1.70. The van der Waals surface area contributed by atoms with Crippen LogP contribution in [0.3, 0.4) is 0 Å². The van der Waals surface area contributed by atoms with Crippen molar-refractivity contribution in [2.24, 2.45) is 5.73 Å². The standard InChI is InChI=1S/C16H15NO3/c1-2-19-16(18)15-12-6-4-3-5-11(12)13-9-10(17)7-8-14(13)20-15/h3-9,14H,2,17H2,1H3. The zero-order valence-corrected chi connectivity index (χ0v) is 11.1. The van der Waals surface area contributed by atoms with Gasteiger partial charge in [-0.3, -0.25) is 0 Å². The van der Waals surface area contributed by atoms with Crippen LogP contribution in [0.4, 0.5) is 0 Å². The van der Waals surface area contributed by atoms with Crippen molar-refractivity contribution < 1.29 is 14.3 Å². The van der Waals surface area contributed by atoms with Gasteiger partial charge in [-0.1, -0.05) is 24.3 Å². The van der Waals surface area contributed by atoms with Crippen LogP contribution in [0.15, 0.2) is 48.2 Å². The highest BCUT2D eigenvalue weighted by atomic mass is 16.6. The highest BCUT2D eigenvalue weighted by molar-refractivity contribution is 6.07. The summed E-state index contributed by atoms with van der Waals surface area (Å²) in [7, 11) is 0. The maximum absolute atomic E-state index is 12.0. The van der Waals surface area contributed by atoms with Gasteiger partial charge in [-0.2, -0.15) is 0 Å². The normalized spacial score (nSPS) is 19.6. The summed E-state index contributed by atoms with van der Waals surface area (Å²) in [6, 6.07) is 7.61. The number of carbonyl (C=O) groups is 1. The quantitative estimate of drug-likeness (QED) is 0.785. The molecule has 2 N–H and O–H groups in total. The number of hydrogen-bond donors (Lipinski definition) is 1. The molecule has 1 aliphatic heterocycles. The fourth-order valence-corrected chi connectivity index (χ4v) is 2.42. The molecule has 0 amide bonds. The summed E-state index contributed by atoms with van der Waals surface area (Å²) in [5.74, 6) is -0.176. The fraction of sp³-hybridized carbons (Fsp3) is 0.188. The van der Waals surface area contributed by atoms with Crippen molar-refractivity contribution in [1.29, 1.82) is 0 Å². The van der Waals surface area contributed by atoms with Crippen LogP contribution in [0, 0.1) is 0 Å². The molecule has 0 saturated carbocycles. The predicted molar refractivity (Wildman–Crippen MR) is 75.4 cm³/mol. The van der Waals surface area contributed by atoms with E-state index >= 15 is 0 Å². The number of carbonyl (C=O) groups excluding carboxylic acids is 1. The number of rotatable bonds is 2. The molecular formula is C16H15NO3. The Hall–Kier alpha value is -2.49. The van der Waals surface area contributed by atoms with Crippen molar-refractivity contribution in [2.75, 3.05) is 6.61 Å². The van der Waals surface area contributed by atoms with E-state index in [0.717, 1.165) is 16.0 Å². The predicted octanol–water partition coefficient (Wildman–Crippen LogP) is 0.320. The van der Waals surface area contributed by atoms with E-state index in [0.29, 0.717) is 12.3 Å². The zero-order valence-electron chi connectivity index (χ0n) is 11.1. The number of esters is 1. The van der Waals surface area contributed by atoms with E-state index in [1.54, 1.807) is 13.0 Å². The second-order valence-electron chi connectivity index (χ2n) is 4.59. The van der Waals surface area contributed by atoms with Gasteiger partial charge in [0.15, 0.2) is 0 Å². The third-order valence-electron chi connectivity index (χ3n) is 3.28. The lowest BCUT2D eigenvalue weighted by atomic mass is 9.96. The smallest absolute Gasteiger partial charge is 0.374 e. The number of allylic oxidation sites excluding steroid dienone is 1. The summed E-state index contributed by atoms with van der Waals surface area (Å²) in [5.41, 5.74) is 7.48. The lowest BCUT2D eigenvalue weighted by Gasteiger charge is -2.25. The minimum absolute atomic E-state index is 0.259. The topological polar surface area (TPSA) is 61.5 Å². The van der Waals surface area contributed by atoms with Crippen LogP contribution in [0.1, 0.15) is 6.92 Å². The van der Waals surface area contributed by atoms with Crippen LogP contribution >= 0.6 is 0 Å². The van der Waals surface area contributed by atoms with Crippen molar-refractivity contribution in [1.82, 2.24) is 0 Å². The van der Waals surface area contributed by atoms with E-state index in [1.807, 2.05) is 36.4 Å². The number of fused-ring (bicyclic) bond motifs is 2. The number of ether oxygens (including phenoxy) is 2. The van der Waals surface area contributed by atoms with Crippen LogP contribution in [-0.4, -0.2) is 18.7 Å². The van der Waals surface area contributed by atoms with Crippen LogP contribution in [-0.2, 0) is 14.3 Å². The van der Waals surface area contributed by atoms with Gasteiger partial charge in [0.2, 0.25) is 5.76 Å². The first-order chi connectivity index (χ1) is 9.70. The van der Waals surface area contributed by atoms with Gasteiger partial charge in [-0.15, -0.1) is 0 Å². The molecule has 0 spiro atoms. The first-order valence-corrected chi connectivity index (χ1v) is 6.53. The van der Waals surface area contributed by atoms with E-state index in [1.165, 1.54) is 0 Å². The summed E-state index contributed by atoms with van der Waals surface area (Å²) in [6.45, 7) is 2.09. The molecule has 0 bridgehead atoms. The Balaban J connectivity index is 2.29. The molecule has 0 aromatic heterocycles. The van der Waals surface area contributed by atoms with Gasteiger partial charge in [0.1, 0.15) is 6.10 Å². The number of benzene rings is 1. The summed E-state index contributed by atoms with van der Waals surface area (Å²) >= 11 is 0. The van der Waals surface area contributed by atoms with Crippen LogP contribution in [0.5, 0.6) is 0 Å². The Morgan fingerprint density at radius 2 is 2.10 bits per heavy atom. The third-order valence-corrected chi connectivity index (χ3v) is 3.28. The van der Waals surface area contributed by atoms with Crippen molar-refractivity contribution >= 4 is 17.3 Å². The lowest BCUT2D eigenvalue weighted by Crippen LogP contribution is -2.41. The Kier molecular flexibility index (Phi) is 3.06. The molecule has 4 heteroatoms. The van der Waals surface area contributed by atoms with Gasteiger partial charge in [-0.25, -0.2) is 4.79 Å². The molecule has 1 aromatic carbocycles.